The quantitative estimate of drug-likeness (QED) is 0.606. The fourth-order valence-corrected chi connectivity index (χ4v) is 5.07. The van der Waals surface area contributed by atoms with Gasteiger partial charge in [0.15, 0.2) is 0 Å². The molecule has 2 aliphatic rings. The van der Waals surface area contributed by atoms with Gasteiger partial charge in [-0.3, -0.25) is 24.2 Å². The summed E-state index contributed by atoms with van der Waals surface area (Å²) in [6.45, 7) is 6.43. The molecule has 3 unspecified atom stereocenters. The first-order valence-corrected chi connectivity index (χ1v) is 11.5. The van der Waals surface area contributed by atoms with Crippen molar-refractivity contribution in [1.29, 1.82) is 0 Å². The topological polar surface area (TPSA) is 69.7 Å². The Morgan fingerprint density at radius 3 is 2.30 bits per heavy atom. The zero-order valence-electron chi connectivity index (χ0n) is 17.9. The molecule has 30 heavy (non-hydrogen) atoms. The van der Waals surface area contributed by atoms with Gasteiger partial charge in [-0.25, -0.2) is 0 Å². The number of halogens is 1. The molecule has 7 heteroatoms. The molecule has 3 atom stereocenters. The monoisotopic (exact) mass is 433 g/mol. The second kappa shape index (κ2) is 10.4. The first-order valence-electron chi connectivity index (χ1n) is 11.1. The summed E-state index contributed by atoms with van der Waals surface area (Å²) >= 11 is 6.41. The van der Waals surface area contributed by atoms with E-state index in [0.29, 0.717) is 11.6 Å². The first kappa shape index (κ1) is 22.8. The minimum Gasteiger partial charge on any atom is -0.354 e. The number of hydrogen-bond donors (Lipinski definition) is 1. The third-order valence-electron chi connectivity index (χ3n) is 6.50. The number of likely N-dealkylation sites (tertiary alicyclic amines) is 1. The van der Waals surface area contributed by atoms with Gasteiger partial charge in [0.1, 0.15) is 0 Å². The summed E-state index contributed by atoms with van der Waals surface area (Å²) in [5.74, 6) is -0.665. The maximum absolute atomic E-state index is 12.6. The average Bonchev–Trinajstić information content (AvgIpc) is 3.00. The van der Waals surface area contributed by atoms with Gasteiger partial charge in [0.25, 0.3) is 0 Å². The van der Waals surface area contributed by atoms with Gasteiger partial charge in [-0.2, -0.15) is 0 Å². The van der Waals surface area contributed by atoms with Crippen LogP contribution in [0, 0.1) is 11.8 Å². The second-order valence-corrected chi connectivity index (χ2v) is 8.55. The van der Waals surface area contributed by atoms with E-state index in [1.807, 2.05) is 24.3 Å². The van der Waals surface area contributed by atoms with Gasteiger partial charge in [-0.15, -0.1) is 0 Å². The molecular formula is C23H32ClN3O3. The van der Waals surface area contributed by atoms with E-state index in [1.165, 1.54) is 4.90 Å². The van der Waals surface area contributed by atoms with Crippen LogP contribution in [-0.4, -0.2) is 53.7 Å². The molecule has 1 aromatic rings. The van der Waals surface area contributed by atoms with Crippen LogP contribution in [0.5, 0.6) is 0 Å². The van der Waals surface area contributed by atoms with Crippen molar-refractivity contribution in [2.24, 2.45) is 11.8 Å². The Morgan fingerprint density at radius 2 is 1.73 bits per heavy atom. The molecule has 0 bridgehead atoms. The van der Waals surface area contributed by atoms with Gasteiger partial charge in [-0.1, -0.05) is 56.5 Å². The Balaban J connectivity index is 1.57. The van der Waals surface area contributed by atoms with Crippen LogP contribution in [0.15, 0.2) is 24.3 Å². The van der Waals surface area contributed by atoms with Crippen LogP contribution in [0.1, 0.15) is 57.6 Å². The van der Waals surface area contributed by atoms with Crippen LogP contribution in [0.3, 0.4) is 0 Å². The SMILES string of the molecule is CCN(CC)C(CNC(=O)CCN1C(=O)C2CCCCC2C1=O)c1ccccc1Cl. The zero-order valence-corrected chi connectivity index (χ0v) is 18.7. The van der Waals surface area contributed by atoms with Crippen molar-refractivity contribution in [3.8, 4) is 0 Å². The smallest absolute Gasteiger partial charge is 0.233 e. The van der Waals surface area contributed by atoms with Gasteiger partial charge in [0, 0.05) is 24.5 Å². The lowest BCUT2D eigenvalue weighted by Gasteiger charge is -2.31. The van der Waals surface area contributed by atoms with E-state index in [4.69, 9.17) is 11.6 Å². The van der Waals surface area contributed by atoms with Crippen molar-refractivity contribution in [3.63, 3.8) is 0 Å². The second-order valence-electron chi connectivity index (χ2n) is 8.14. The molecule has 1 aliphatic heterocycles. The average molecular weight is 434 g/mol. The third kappa shape index (κ3) is 4.86. The van der Waals surface area contributed by atoms with Crippen LogP contribution >= 0.6 is 11.6 Å². The van der Waals surface area contributed by atoms with Gasteiger partial charge < -0.3 is 5.32 Å². The molecular weight excluding hydrogens is 402 g/mol. The van der Waals surface area contributed by atoms with Crippen LogP contribution in [0.2, 0.25) is 5.02 Å². The number of benzene rings is 1. The number of nitrogens with one attached hydrogen (secondary N) is 1. The van der Waals surface area contributed by atoms with Crippen molar-refractivity contribution < 1.29 is 14.4 Å². The van der Waals surface area contributed by atoms with E-state index < -0.39 is 0 Å². The lowest BCUT2D eigenvalue weighted by atomic mass is 9.81. The highest BCUT2D eigenvalue weighted by Crippen LogP contribution is 2.38. The summed E-state index contributed by atoms with van der Waals surface area (Å²) in [4.78, 5) is 41.2. The molecule has 1 N–H and O–H groups in total. The maximum Gasteiger partial charge on any atom is 0.233 e. The molecule has 1 aliphatic carbocycles. The molecule has 3 amide bonds. The predicted molar refractivity (Wildman–Crippen MR) is 117 cm³/mol. The largest absolute Gasteiger partial charge is 0.354 e. The molecule has 1 saturated heterocycles. The number of likely N-dealkylation sites (N-methyl/N-ethyl adjacent to an activating group) is 1. The van der Waals surface area contributed by atoms with Crippen molar-refractivity contribution in [2.75, 3.05) is 26.2 Å². The van der Waals surface area contributed by atoms with Gasteiger partial charge >= 0.3 is 0 Å². The van der Waals surface area contributed by atoms with Crippen LogP contribution in [0.4, 0.5) is 0 Å². The predicted octanol–water partition coefficient (Wildman–Crippen LogP) is 3.40. The molecule has 3 rings (SSSR count). The number of imide groups is 1. The van der Waals surface area contributed by atoms with Crippen LogP contribution < -0.4 is 5.32 Å². The molecule has 1 aromatic carbocycles. The Kier molecular flexibility index (Phi) is 7.89. The van der Waals surface area contributed by atoms with E-state index in [9.17, 15) is 14.4 Å². The minimum atomic E-state index is -0.165. The highest BCUT2D eigenvalue weighted by atomic mass is 35.5. The van der Waals surface area contributed by atoms with Crippen LogP contribution in [-0.2, 0) is 14.4 Å². The molecule has 0 radical (unpaired) electrons. The summed E-state index contributed by atoms with van der Waals surface area (Å²) in [5.41, 5.74) is 0.983. The third-order valence-corrected chi connectivity index (χ3v) is 6.85. The number of carbonyl (C=O) groups is 3. The van der Waals surface area contributed by atoms with Crippen molar-refractivity contribution in [1.82, 2.24) is 15.1 Å². The van der Waals surface area contributed by atoms with E-state index in [-0.39, 0.29) is 48.6 Å². The summed E-state index contributed by atoms with van der Waals surface area (Å²) < 4.78 is 0. The molecule has 0 aromatic heterocycles. The van der Waals surface area contributed by atoms with Gasteiger partial charge in [-0.05, 0) is 37.6 Å². The van der Waals surface area contributed by atoms with Crippen molar-refractivity contribution in [2.45, 2.75) is 52.0 Å². The fraction of sp³-hybridized carbons (Fsp3) is 0.609. The number of nitrogens with zero attached hydrogens (tertiary/aromatic N) is 2. The van der Waals surface area contributed by atoms with Gasteiger partial charge in [0.05, 0.1) is 17.9 Å². The minimum absolute atomic E-state index is 0.0319. The Morgan fingerprint density at radius 1 is 1.13 bits per heavy atom. The van der Waals surface area contributed by atoms with E-state index >= 15 is 0 Å². The molecule has 2 fully saturated rings. The molecule has 1 heterocycles. The summed E-state index contributed by atoms with van der Waals surface area (Å²) in [6.07, 6.45) is 3.72. The lowest BCUT2D eigenvalue weighted by molar-refractivity contribution is -0.140. The summed E-state index contributed by atoms with van der Waals surface area (Å²) in [5, 5.41) is 3.67. The highest BCUT2D eigenvalue weighted by Gasteiger charge is 2.47. The fourth-order valence-electron chi connectivity index (χ4n) is 4.81. The first-order chi connectivity index (χ1) is 14.5. The molecule has 0 spiro atoms. The highest BCUT2D eigenvalue weighted by molar-refractivity contribution is 6.31. The molecule has 6 nitrogen and oxygen atoms in total. The number of hydrogen-bond acceptors (Lipinski definition) is 4. The van der Waals surface area contributed by atoms with Crippen molar-refractivity contribution in [3.05, 3.63) is 34.9 Å². The lowest BCUT2D eigenvalue weighted by Crippen LogP contribution is -2.40. The standard InChI is InChI=1S/C23H32ClN3O3/c1-3-26(4-2)20(18-11-7-8-12-19(18)24)15-25-21(28)13-14-27-22(29)16-9-5-6-10-17(16)23(27)30/h7-8,11-12,16-17,20H,3-6,9-10,13-15H2,1-2H3,(H,25,28). The normalized spacial score (nSPS) is 22.3. The van der Waals surface area contributed by atoms with Gasteiger partial charge in [0.2, 0.25) is 17.7 Å². The maximum atomic E-state index is 12.6. The number of carbonyl (C=O) groups excluding carboxylic acids is 3. The summed E-state index contributed by atoms with van der Waals surface area (Å²) in [6, 6.07) is 7.66. The van der Waals surface area contributed by atoms with Crippen LogP contribution in [0.25, 0.3) is 0 Å². The van der Waals surface area contributed by atoms with Crippen molar-refractivity contribution >= 4 is 29.3 Å². The zero-order chi connectivity index (χ0) is 21.7. The van der Waals surface area contributed by atoms with E-state index in [1.54, 1.807) is 0 Å². The molecule has 1 saturated carbocycles. The van der Waals surface area contributed by atoms with E-state index in [2.05, 4.69) is 24.1 Å². The summed E-state index contributed by atoms with van der Waals surface area (Å²) in [7, 11) is 0. The number of fused-ring (bicyclic) bond motifs is 1. The molecule has 164 valence electrons. The Bertz CT molecular complexity index is 757. The van der Waals surface area contributed by atoms with E-state index in [0.717, 1.165) is 44.3 Å². The Hall–Kier alpha value is -1.92. The number of rotatable bonds is 9. The Labute approximate surface area is 183 Å². The number of amides is 3.